The van der Waals surface area contributed by atoms with E-state index >= 15 is 0 Å². The van der Waals surface area contributed by atoms with Crippen LogP contribution in [0, 0.1) is 0 Å². The molecule has 1 spiro atoms. The van der Waals surface area contributed by atoms with Gasteiger partial charge >= 0.3 is 0 Å². The van der Waals surface area contributed by atoms with E-state index in [2.05, 4.69) is 19.8 Å². The number of hydrogen-bond donors (Lipinski definition) is 0. The first kappa shape index (κ1) is 20.2. The first-order valence-corrected chi connectivity index (χ1v) is 11.4. The molecule has 1 aromatic heterocycles. The fourth-order valence-corrected chi connectivity index (χ4v) is 5.80. The van der Waals surface area contributed by atoms with Crippen LogP contribution in [0.15, 0.2) is 4.36 Å². The fraction of sp³-hybridized carbons (Fsp3) is 0.882. The molecule has 2 aliphatic heterocycles. The van der Waals surface area contributed by atoms with Gasteiger partial charge in [0.25, 0.3) is 0 Å². The Bertz CT molecular complexity index is 792. The van der Waals surface area contributed by atoms with Crippen LogP contribution < -0.4 is 0 Å². The molecular weight excluding hydrogens is 368 g/mol. The highest BCUT2D eigenvalue weighted by atomic mass is 32.2. The minimum Gasteiger partial charge on any atom is -0.371 e. The van der Waals surface area contributed by atoms with Gasteiger partial charge in [0.15, 0.2) is 5.82 Å². The Labute approximate surface area is 161 Å². The van der Waals surface area contributed by atoms with Gasteiger partial charge in [0, 0.05) is 40.9 Å². The lowest BCUT2D eigenvalue weighted by Crippen LogP contribution is -2.56. The number of amides is 1. The molecule has 0 bridgehead atoms. The first-order valence-electron chi connectivity index (χ1n) is 9.54. The predicted molar refractivity (Wildman–Crippen MR) is 102 cm³/mol. The van der Waals surface area contributed by atoms with Gasteiger partial charge in [-0.2, -0.15) is 4.80 Å². The van der Waals surface area contributed by atoms with E-state index in [1.54, 1.807) is 0 Å². The van der Waals surface area contributed by atoms with Crippen molar-refractivity contribution < 1.29 is 13.7 Å². The molecule has 1 aromatic rings. The molecule has 9 nitrogen and oxygen atoms in total. The number of rotatable bonds is 3. The Balaban J connectivity index is 1.63. The summed E-state index contributed by atoms with van der Waals surface area (Å²) < 4.78 is 23.0. The standard InChI is InChI=1S/C17H30N6O3S/c1-5-18-27(25)10-6-17(7-11-27)13-22(8-9-26-17)15(24)12-14-19-21-23(20-14)16(2,3)4/h5-13H2,1-4H3. The van der Waals surface area contributed by atoms with Gasteiger partial charge < -0.3 is 9.64 Å². The monoisotopic (exact) mass is 398 g/mol. The topological polar surface area (TPSA) is 103 Å². The molecule has 3 rings (SSSR count). The number of ether oxygens (including phenoxy) is 1. The van der Waals surface area contributed by atoms with Crippen LogP contribution >= 0.6 is 0 Å². The van der Waals surface area contributed by atoms with Gasteiger partial charge in [0.1, 0.15) is 0 Å². The van der Waals surface area contributed by atoms with Crippen LogP contribution in [0.2, 0.25) is 0 Å². The van der Waals surface area contributed by atoms with Crippen LogP contribution in [0.3, 0.4) is 0 Å². The highest BCUT2D eigenvalue weighted by molar-refractivity contribution is 7.93. The van der Waals surface area contributed by atoms with Crippen LogP contribution in [0.4, 0.5) is 0 Å². The van der Waals surface area contributed by atoms with Crippen molar-refractivity contribution in [1.82, 2.24) is 25.1 Å². The van der Waals surface area contributed by atoms with E-state index in [-0.39, 0.29) is 17.9 Å². The van der Waals surface area contributed by atoms with E-state index in [0.717, 1.165) is 0 Å². The molecule has 1 amide bonds. The van der Waals surface area contributed by atoms with Gasteiger partial charge in [-0.15, -0.1) is 10.2 Å². The second-order valence-electron chi connectivity index (χ2n) is 8.32. The molecule has 0 radical (unpaired) electrons. The number of morpholine rings is 1. The molecule has 3 heterocycles. The summed E-state index contributed by atoms with van der Waals surface area (Å²) in [7, 11) is -2.10. The normalized spacial score (nSPS) is 29.1. The third kappa shape index (κ3) is 4.66. The zero-order valence-corrected chi connectivity index (χ0v) is 17.5. The van der Waals surface area contributed by atoms with Crippen molar-refractivity contribution in [2.45, 2.75) is 58.1 Å². The van der Waals surface area contributed by atoms with Gasteiger partial charge in [-0.3, -0.25) is 4.79 Å². The minimum absolute atomic E-state index is 0.0179. The zero-order chi connectivity index (χ0) is 19.7. The summed E-state index contributed by atoms with van der Waals surface area (Å²) in [6.45, 7) is 10.0. The van der Waals surface area contributed by atoms with Crippen molar-refractivity contribution >= 4 is 15.6 Å². The fourth-order valence-electron chi connectivity index (χ4n) is 3.49. The molecule has 0 saturated carbocycles. The Kier molecular flexibility index (Phi) is 5.58. The second kappa shape index (κ2) is 7.46. The lowest BCUT2D eigenvalue weighted by molar-refractivity contribution is -0.151. The van der Waals surface area contributed by atoms with Crippen LogP contribution in [-0.4, -0.2) is 78.6 Å². The quantitative estimate of drug-likeness (QED) is 0.748. The maximum atomic E-state index is 12.8. The molecule has 10 heteroatoms. The highest BCUT2D eigenvalue weighted by Crippen LogP contribution is 2.32. The van der Waals surface area contributed by atoms with Crippen LogP contribution in [0.1, 0.15) is 46.4 Å². The largest absolute Gasteiger partial charge is 0.371 e. The average molecular weight is 399 g/mol. The second-order valence-corrected chi connectivity index (χ2v) is 10.9. The first-order chi connectivity index (χ1) is 12.6. The molecule has 0 atom stereocenters. The van der Waals surface area contributed by atoms with Crippen molar-refractivity contribution in [2.75, 3.05) is 37.7 Å². The van der Waals surface area contributed by atoms with Crippen LogP contribution in [-0.2, 0) is 31.2 Å². The van der Waals surface area contributed by atoms with Crippen molar-refractivity contribution in [3.63, 3.8) is 0 Å². The third-order valence-corrected chi connectivity index (χ3v) is 7.50. The van der Waals surface area contributed by atoms with Crippen molar-refractivity contribution in [3.8, 4) is 0 Å². The van der Waals surface area contributed by atoms with Gasteiger partial charge in [-0.25, -0.2) is 8.57 Å². The van der Waals surface area contributed by atoms with Crippen molar-refractivity contribution in [3.05, 3.63) is 5.82 Å². The summed E-state index contributed by atoms with van der Waals surface area (Å²) in [5.74, 6) is 1.51. The molecule has 0 N–H and O–H groups in total. The maximum Gasteiger partial charge on any atom is 0.230 e. The van der Waals surface area contributed by atoms with Crippen LogP contribution in [0.5, 0.6) is 0 Å². The zero-order valence-electron chi connectivity index (χ0n) is 16.7. The SMILES string of the molecule is CCN=S1(=O)CCC2(CC1)CN(C(=O)Cc1nnn(C(C)(C)C)n1)CCO2. The van der Waals surface area contributed by atoms with Crippen molar-refractivity contribution in [2.24, 2.45) is 4.36 Å². The molecule has 2 saturated heterocycles. The Morgan fingerprint density at radius 3 is 2.63 bits per heavy atom. The highest BCUT2D eigenvalue weighted by Gasteiger charge is 2.42. The summed E-state index contributed by atoms with van der Waals surface area (Å²) in [5.41, 5.74) is -0.662. The molecule has 2 fully saturated rings. The molecule has 27 heavy (non-hydrogen) atoms. The van der Waals surface area contributed by atoms with Gasteiger partial charge in [0.05, 0.1) is 24.2 Å². The summed E-state index contributed by atoms with van der Waals surface area (Å²) in [6, 6.07) is 0. The van der Waals surface area contributed by atoms with E-state index < -0.39 is 15.3 Å². The predicted octanol–water partition coefficient (Wildman–Crippen LogP) is 0.850. The summed E-state index contributed by atoms with van der Waals surface area (Å²) in [6.07, 6.45) is 1.49. The summed E-state index contributed by atoms with van der Waals surface area (Å²) >= 11 is 0. The molecular formula is C17H30N6O3S. The number of carbonyl (C=O) groups excluding carboxylic acids is 1. The number of tetrazole rings is 1. The lowest BCUT2D eigenvalue weighted by atomic mass is 9.94. The van der Waals surface area contributed by atoms with E-state index in [1.807, 2.05) is 32.6 Å². The summed E-state index contributed by atoms with van der Waals surface area (Å²) in [4.78, 5) is 16.1. The molecule has 2 aliphatic rings. The van der Waals surface area contributed by atoms with E-state index in [0.29, 0.717) is 56.4 Å². The number of aromatic nitrogens is 4. The Morgan fingerprint density at radius 1 is 1.33 bits per heavy atom. The van der Waals surface area contributed by atoms with E-state index in [9.17, 15) is 9.00 Å². The average Bonchev–Trinajstić information content (AvgIpc) is 3.08. The van der Waals surface area contributed by atoms with E-state index in [4.69, 9.17) is 4.74 Å². The lowest BCUT2D eigenvalue weighted by Gasteiger charge is -2.45. The van der Waals surface area contributed by atoms with Gasteiger partial charge in [-0.05, 0) is 45.7 Å². The number of carbonyl (C=O) groups is 1. The van der Waals surface area contributed by atoms with Crippen molar-refractivity contribution in [1.29, 1.82) is 0 Å². The number of hydrogen-bond acceptors (Lipinski definition) is 7. The van der Waals surface area contributed by atoms with Gasteiger partial charge in [0.2, 0.25) is 5.91 Å². The molecule has 0 aliphatic carbocycles. The third-order valence-electron chi connectivity index (χ3n) is 5.08. The molecule has 152 valence electrons. The van der Waals surface area contributed by atoms with Crippen LogP contribution in [0.25, 0.3) is 0 Å². The van der Waals surface area contributed by atoms with Gasteiger partial charge in [-0.1, -0.05) is 0 Å². The Hall–Kier alpha value is -1.55. The Morgan fingerprint density at radius 2 is 2.04 bits per heavy atom. The minimum atomic E-state index is -2.10. The number of nitrogens with zero attached hydrogens (tertiary/aromatic N) is 6. The summed E-state index contributed by atoms with van der Waals surface area (Å²) in [5, 5.41) is 12.4. The molecule has 0 unspecified atom stereocenters. The molecule has 0 aromatic carbocycles. The smallest absolute Gasteiger partial charge is 0.230 e. The van der Waals surface area contributed by atoms with E-state index in [1.165, 1.54) is 4.80 Å². The maximum absolute atomic E-state index is 12.8.